The third-order valence-corrected chi connectivity index (χ3v) is 4.33. The van der Waals surface area contributed by atoms with Gasteiger partial charge in [0.15, 0.2) is 0 Å². The minimum absolute atomic E-state index is 0.0651. The molecule has 1 N–H and O–H groups in total. The number of ether oxygens (including phenoxy) is 1. The van der Waals surface area contributed by atoms with Gasteiger partial charge in [-0.05, 0) is 36.8 Å². The van der Waals surface area contributed by atoms with E-state index in [1.54, 1.807) is 0 Å². The molecule has 0 aromatic heterocycles. The third kappa shape index (κ3) is 4.02. The molecule has 2 aromatic rings. The van der Waals surface area contributed by atoms with Gasteiger partial charge in [-0.1, -0.05) is 60.7 Å². The Morgan fingerprint density at radius 2 is 1.38 bits per heavy atom. The molecule has 124 valence electrons. The van der Waals surface area contributed by atoms with Crippen LogP contribution in [0.5, 0.6) is 0 Å². The van der Waals surface area contributed by atoms with Gasteiger partial charge in [-0.25, -0.2) is 4.79 Å². The van der Waals surface area contributed by atoms with E-state index in [1.807, 2.05) is 60.7 Å². The van der Waals surface area contributed by atoms with Gasteiger partial charge >= 0.3 is 6.09 Å². The summed E-state index contributed by atoms with van der Waals surface area (Å²) in [6.45, 7) is 0. The second-order valence-corrected chi connectivity index (χ2v) is 6.06. The van der Waals surface area contributed by atoms with Crippen LogP contribution in [0.1, 0.15) is 42.7 Å². The molecule has 1 aliphatic carbocycles. The van der Waals surface area contributed by atoms with Gasteiger partial charge in [0, 0.05) is 0 Å². The minimum Gasteiger partial charge on any atom is -0.446 e. The fourth-order valence-corrected chi connectivity index (χ4v) is 3.15. The first-order valence-electron chi connectivity index (χ1n) is 8.35. The van der Waals surface area contributed by atoms with Gasteiger partial charge in [-0.15, -0.1) is 0 Å². The zero-order valence-electron chi connectivity index (χ0n) is 13.5. The molecule has 2 aromatic carbocycles. The third-order valence-electron chi connectivity index (χ3n) is 4.33. The van der Waals surface area contributed by atoms with Crippen molar-refractivity contribution in [3.8, 4) is 0 Å². The van der Waals surface area contributed by atoms with Gasteiger partial charge in [0.25, 0.3) is 0 Å². The molecule has 2 amide bonds. The van der Waals surface area contributed by atoms with Gasteiger partial charge < -0.3 is 4.74 Å². The van der Waals surface area contributed by atoms with Crippen LogP contribution in [0.15, 0.2) is 60.7 Å². The molecule has 0 atom stereocenters. The van der Waals surface area contributed by atoms with E-state index in [-0.39, 0.29) is 12.0 Å². The summed E-state index contributed by atoms with van der Waals surface area (Å²) in [5, 5.41) is 2.40. The van der Waals surface area contributed by atoms with E-state index in [9.17, 15) is 9.59 Å². The number of rotatable bonds is 4. The summed E-state index contributed by atoms with van der Waals surface area (Å²) in [5.74, 6) is -0.904. The fraction of sp³-hybridized carbons (Fsp3) is 0.300. The summed E-state index contributed by atoms with van der Waals surface area (Å²) < 4.78 is 5.33. The smallest absolute Gasteiger partial charge is 0.414 e. The molecule has 0 unspecified atom stereocenters. The maximum absolute atomic E-state index is 12.7. The number of imide groups is 1. The van der Waals surface area contributed by atoms with Crippen LogP contribution in [0.2, 0.25) is 0 Å². The summed E-state index contributed by atoms with van der Waals surface area (Å²) in [6, 6.07) is 18.9. The lowest BCUT2D eigenvalue weighted by Gasteiger charge is -2.18. The van der Waals surface area contributed by atoms with Gasteiger partial charge in [0.1, 0.15) is 6.10 Å². The van der Waals surface area contributed by atoms with Crippen molar-refractivity contribution in [2.24, 2.45) is 0 Å². The van der Waals surface area contributed by atoms with E-state index in [1.165, 1.54) is 0 Å². The molecule has 0 heterocycles. The molecule has 0 radical (unpaired) electrons. The molecule has 3 rings (SSSR count). The van der Waals surface area contributed by atoms with Crippen LogP contribution in [0.3, 0.4) is 0 Å². The number of nitrogens with one attached hydrogen (secondary N) is 1. The van der Waals surface area contributed by atoms with Crippen LogP contribution in [0.25, 0.3) is 0 Å². The van der Waals surface area contributed by atoms with Crippen molar-refractivity contribution in [3.05, 3.63) is 71.8 Å². The number of hydrogen-bond acceptors (Lipinski definition) is 3. The predicted octanol–water partition coefficient (Wildman–Crippen LogP) is 4.01. The van der Waals surface area contributed by atoms with Crippen molar-refractivity contribution in [3.63, 3.8) is 0 Å². The number of benzene rings is 2. The molecule has 0 bridgehead atoms. The maximum Gasteiger partial charge on any atom is 0.414 e. The number of carbonyl (C=O) groups excluding carboxylic acids is 2. The molecule has 0 aliphatic heterocycles. The van der Waals surface area contributed by atoms with Crippen LogP contribution < -0.4 is 5.32 Å². The Morgan fingerprint density at radius 3 is 1.88 bits per heavy atom. The van der Waals surface area contributed by atoms with Crippen molar-refractivity contribution in [1.82, 2.24) is 5.32 Å². The molecular formula is C20H21NO3. The van der Waals surface area contributed by atoms with Crippen LogP contribution in [0, 0.1) is 0 Å². The first kappa shape index (κ1) is 16.2. The second kappa shape index (κ2) is 7.77. The molecule has 4 nitrogen and oxygen atoms in total. The van der Waals surface area contributed by atoms with Crippen LogP contribution in [-0.4, -0.2) is 18.1 Å². The number of hydrogen-bond donors (Lipinski definition) is 1. The molecule has 1 saturated carbocycles. The number of amides is 2. The van der Waals surface area contributed by atoms with Gasteiger partial charge in [-0.2, -0.15) is 0 Å². The van der Waals surface area contributed by atoms with Gasteiger partial charge in [0.05, 0.1) is 5.92 Å². The normalized spacial score (nSPS) is 14.5. The zero-order valence-corrected chi connectivity index (χ0v) is 13.5. The highest BCUT2D eigenvalue weighted by Crippen LogP contribution is 2.25. The van der Waals surface area contributed by atoms with Crippen LogP contribution in [-0.2, 0) is 9.53 Å². The average molecular weight is 323 g/mol. The number of carbonyl (C=O) groups is 2. The summed E-state index contributed by atoms with van der Waals surface area (Å²) in [6.07, 6.45) is 3.18. The lowest BCUT2D eigenvalue weighted by atomic mass is 9.90. The monoisotopic (exact) mass is 323 g/mol. The lowest BCUT2D eigenvalue weighted by Crippen LogP contribution is -2.37. The van der Waals surface area contributed by atoms with Crippen LogP contribution in [0.4, 0.5) is 4.79 Å². The minimum atomic E-state index is -0.649. The standard InChI is InChI=1S/C20H21NO3/c22-19(21-20(23)24-17-13-7-8-14-17)18(15-9-3-1-4-10-15)16-11-5-2-6-12-16/h1-6,9-12,17-18H,7-8,13-14H2,(H,21,22,23). The van der Waals surface area contributed by atoms with Crippen molar-refractivity contribution in [1.29, 1.82) is 0 Å². The largest absolute Gasteiger partial charge is 0.446 e. The summed E-state index contributed by atoms with van der Waals surface area (Å²) >= 11 is 0. The van der Waals surface area contributed by atoms with Gasteiger partial charge in [-0.3, -0.25) is 10.1 Å². The maximum atomic E-state index is 12.7. The van der Waals surface area contributed by atoms with Crippen molar-refractivity contribution < 1.29 is 14.3 Å². The van der Waals surface area contributed by atoms with Crippen molar-refractivity contribution in [2.45, 2.75) is 37.7 Å². The first-order chi connectivity index (χ1) is 11.7. The first-order valence-corrected chi connectivity index (χ1v) is 8.35. The highest BCUT2D eigenvalue weighted by molar-refractivity contribution is 5.97. The Bertz CT molecular complexity index is 639. The van der Waals surface area contributed by atoms with E-state index < -0.39 is 12.0 Å². The quantitative estimate of drug-likeness (QED) is 0.925. The van der Waals surface area contributed by atoms with Crippen molar-refractivity contribution in [2.75, 3.05) is 0 Å². The Labute approximate surface area is 141 Å². The molecule has 4 heteroatoms. The highest BCUT2D eigenvalue weighted by Gasteiger charge is 2.26. The van der Waals surface area contributed by atoms with Crippen molar-refractivity contribution >= 4 is 12.0 Å². The Hall–Kier alpha value is -2.62. The zero-order chi connectivity index (χ0) is 16.8. The van der Waals surface area contributed by atoms with E-state index in [0.717, 1.165) is 36.8 Å². The van der Waals surface area contributed by atoms with E-state index in [4.69, 9.17) is 4.74 Å². The molecular weight excluding hydrogens is 302 g/mol. The number of alkyl carbamates (subject to hydrolysis) is 1. The fourth-order valence-electron chi connectivity index (χ4n) is 3.15. The van der Waals surface area contributed by atoms with E-state index in [0.29, 0.717) is 0 Å². The SMILES string of the molecule is O=C(NC(=O)C(c1ccccc1)c1ccccc1)OC1CCCC1. The Morgan fingerprint density at radius 1 is 0.875 bits per heavy atom. The molecule has 0 spiro atoms. The Kier molecular flexibility index (Phi) is 5.26. The van der Waals surface area contributed by atoms with E-state index in [2.05, 4.69) is 5.32 Å². The molecule has 24 heavy (non-hydrogen) atoms. The summed E-state index contributed by atoms with van der Waals surface area (Å²) in [7, 11) is 0. The summed E-state index contributed by atoms with van der Waals surface area (Å²) in [4.78, 5) is 24.7. The van der Waals surface area contributed by atoms with E-state index >= 15 is 0 Å². The topological polar surface area (TPSA) is 55.4 Å². The lowest BCUT2D eigenvalue weighted by molar-refractivity contribution is -0.121. The highest BCUT2D eigenvalue weighted by atomic mass is 16.6. The second-order valence-electron chi connectivity index (χ2n) is 6.06. The molecule has 1 aliphatic rings. The Balaban J connectivity index is 1.75. The predicted molar refractivity (Wildman–Crippen MR) is 91.6 cm³/mol. The van der Waals surface area contributed by atoms with Crippen LogP contribution >= 0.6 is 0 Å². The van der Waals surface area contributed by atoms with Gasteiger partial charge in [0.2, 0.25) is 5.91 Å². The average Bonchev–Trinajstić information content (AvgIpc) is 3.10. The molecule has 1 fully saturated rings. The molecule has 0 saturated heterocycles. The summed E-state index contributed by atoms with van der Waals surface area (Å²) in [5.41, 5.74) is 1.68.